The third-order valence-corrected chi connectivity index (χ3v) is 4.39. The number of carbonyl (C=O) groups excluding carboxylic acids is 1. The molecule has 2 aromatic rings. The summed E-state index contributed by atoms with van der Waals surface area (Å²) in [4.78, 5) is 11.9. The second-order valence-electron chi connectivity index (χ2n) is 7.52. The van der Waals surface area contributed by atoms with Gasteiger partial charge in [0, 0.05) is 12.0 Å². The zero-order chi connectivity index (χ0) is 22.5. The van der Waals surface area contributed by atoms with Crippen molar-refractivity contribution in [1.82, 2.24) is 5.32 Å². The lowest BCUT2D eigenvalue weighted by molar-refractivity contribution is -0.137. The highest BCUT2D eigenvalue weighted by atomic mass is 19.4. The van der Waals surface area contributed by atoms with Crippen molar-refractivity contribution in [1.29, 1.82) is 0 Å². The average molecular weight is 433 g/mol. The van der Waals surface area contributed by atoms with Gasteiger partial charge in [-0.2, -0.15) is 13.2 Å². The quantitative estimate of drug-likeness (QED) is 0.700. The molecule has 0 atom stereocenters. The van der Waals surface area contributed by atoms with Crippen molar-refractivity contribution in [3.63, 3.8) is 0 Å². The summed E-state index contributed by atoms with van der Waals surface area (Å²) in [7, 11) is 0. The molecule has 164 valence electrons. The van der Waals surface area contributed by atoms with Crippen LogP contribution in [0.1, 0.15) is 25.0 Å². The van der Waals surface area contributed by atoms with Gasteiger partial charge in [0.05, 0.1) is 12.1 Å². The summed E-state index contributed by atoms with van der Waals surface area (Å²) < 4.78 is 54.6. The summed E-state index contributed by atoms with van der Waals surface area (Å²) in [5.74, 6) is 6.19. The van der Waals surface area contributed by atoms with Gasteiger partial charge < -0.3 is 19.5 Å². The maximum atomic E-state index is 12.7. The minimum absolute atomic E-state index is 0.0601. The van der Waals surface area contributed by atoms with Gasteiger partial charge in [-0.3, -0.25) is 4.79 Å². The number of amides is 1. The number of halogens is 3. The Balaban J connectivity index is 1.40. The van der Waals surface area contributed by atoms with Crippen LogP contribution in [-0.2, 0) is 17.4 Å². The Hall–Kier alpha value is -3.34. The van der Waals surface area contributed by atoms with E-state index < -0.39 is 11.7 Å². The third kappa shape index (κ3) is 6.32. The molecular weight excluding hydrogens is 411 g/mol. The molecule has 0 bridgehead atoms. The Morgan fingerprint density at radius 1 is 1.16 bits per heavy atom. The fourth-order valence-corrected chi connectivity index (χ4v) is 3.03. The Labute approximate surface area is 178 Å². The van der Waals surface area contributed by atoms with Crippen molar-refractivity contribution >= 4 is 5.91 Å². The maximum Gasteiger partial charge on any atom is 0.416 e. The number of nitrogens with one attached hydrogen (secondary N) is 1. The largest absolute Gasteiger partial charge is 0.483 e. The van der Waals surface area contributed by atoms with Crippen molar-refractivity contribution in [3.05, 3.63) is 53.6 Å². The van der Waals surface area contributed by atoms with Gasteiger partial charge in [-0.15, -0.1) is 0 Å². The van der Waals surface area contributed by atoms with Crippen LogP contribution in [0.4, 0.5) is 13.2 Å². The van der Waals surface area contributed by atoms with Crippen LogP contribution in [0, 0.1) is 11.8 Å². The predicted octanol–water partition coefficient (Wildman–Crippen LogP) is 4.00. The second kappa shape index (κ2) is 9.21. The first kappa shape index (κ1) is 22.3. The van der Waals surface area contributed by atoms with Gasteiger partial charge in [0.2, 0.25) is 0 Å². The van der Waals surface area contributed by atoms with Crippen LogP contribution in [0.25, 0.3) is 0 Å². The molecule has 0 spiro atoms. The number of hydrogen-bond acceptors (Lipinski definition) is 4. The molecule has 5 nitrogen and oxygen atoms in total. The van der Waals surface area contributed by atoms with Crippen LogP contribution in [0.15, 0.2) is 42.5 Å². The van der Waals surface area contributed by atoms with E-state index >= 15 is 0 Å². The van der Waals surface area contributed by atoms with Gasteiger partial charge in [-0.1, -0.05) is 30.0 Å². The molecule has 1 aliphatic heterocycles. The lowest BCUT2D eigenvalue weighted by Crippen LogP contribution is -2.29. The first-order valence-electron chi connectivity index (χ1n) is 9.60. The van der Waals surface area contributed by atoms with E-state index in [4.69, 9.17) is 14.2 Å². The van der Waals surface area contributed by atoms with Crippen LogP contribution in [-0.4, -0.2) is 31.3 Å². The fourth-order valence-electron chi connectivity index (χ4n) is 3.03. The van der Waals surface area contributed by atoms with Gasteiger partial charge in [0.15, 0.2) is 18.1 Å². The number of para-hydroxylation sites is 1. The first-order chi connectivity index (χ1) is 14.6. The standard InChI is InChI=1S/C23H22F3NO4/c1-22(2)14-16-7-5-10-19(21(16)31-22)30-15-20(28)27-11-3-4-12-29-18-9-6-8-17(13-18)23(24,25)26/h5-10,13H,11-12,14-15H2,1-2H3,(H,27,28). The summed E-state index contributed by atoms with van der Waals surface area (Å²) in [5.41, 5.74) is -0.0618. The van der Waals surface area contributed by atoms with Crippen molar-refractivity contribution in [2.24, 2.45) is 0 Å². The van der Waals surface area contributed by atoms with Gasteiger partial charge in [-0.25, -0.2) is 0 Å². The zero-order valence-corrected chi connectivity index (χ0v) is 17.1. The molecule has 0 saturated carbocycles. The number of benzene rings is 2. The van der Waals surface area contributed by atoms with Crippen molar-refractivity contribution in [2.45, 2.75) is 32.0 Å². The normalized spacial score (nSPS) is 14.0. The van der Waals surface area contributed by atoms with Crippen LogP contribution in [0.3, 0.4) is 0 Å². The number of hydrogen-bond donors (Lipinski definition) is 1. The summed E-state index contributed by atoms with van der Waals surface area (Å²) in [6, 6.07) is 10.1. The molecule has 0 fully saturated rings. The van der Waals surface area contributed by atoms with E-state index in [1.807, 2.05) is 26.0 Å². The molecule has 8 heteroatoms. The zero-order valence-electron chi connectivity index (χ0n) is 17.1. The smallest absolute Gasteiger partial charge is 0.416 e. The topological polar surface area (TPSA) is 56.8 Å². The number of alkyl halides is 3. The molecule has 1 heterocycles. The van der Waals surface area contributed by atoms with E-state index in [1.54, 1.807) is 6.07 Å². The number of fused-ring (bicyclic) bond motifs is 1. The minimum atomic E-state index is -4.43. The average Bonchev–Trinajstić information content (AvgIpc) is 3.03. The Kier molecular flexibility index (Phi) is 6.64. The molecule has 2 aromatic carbocycles. The number of carbonyl (C=O) groups is 1. The van der Waals surface area contributed by atoms with Gasteiger partial charge in [-0.05, 0) is 38.1 Å². The SMILES string of the molecule is CC1(C)Cc2cccc(OCC(=O)NCC#CCOc3cccc(C(F)(F)F)c3)c2O1. The fraction of sp³-hybridized carbons (Fsp3) is 0.348. The van der Waals surface area contributed by atoms with Gasteiger partial charge in [0.25, 0.3) is 5.91 Å². The maximum absolute atomic E-state index is 12.7. The van der Waals surface area contributed by atoms with E-state index in [2.05, 4.69) is 17.2 Å². The Bertz CT molecular complexity index is 1010. The summed E-state index contributed by atoms with van der Waals surface area (Å²) in [5, 5.41) is 2.58. The molecule has 1 aliphatic rings. The van der Waals surface area contributed by atoms with E-state index in [9.17, 15) is 18.0 Å². The number of rotatable bonds is 6. The highest BCUT2D eigenvalue weighted by Crippen LogP contribution is 2.41. The van der Waals surface area contributed by atoms with E-state index in [1.165, 1.54) is 12.1 Å². The molecule has 3 rings (SSSR count). The summed E-state index contributed by atoms with van der Waals surface area (Å²) in [6.07, 6.45) is -3.66. The van der Waals surface area contributed by atoms with Crippen LogP contribution >= 0.6 is 0 Å². The van der Waals surface area contributed by atoms with E-state index in [0.717, 1.165) is 24.1 Å². The first-order valence-corrected chi connectivity index (χ1v) is 9.60. The van der Waals surface area contributed by atoms with Crippen LogP contribution in [0.5, 0.6) is 17.2 Å². The minimum Gasteiger partial charge on any atom is -0.483 e. The molecule has 31 heavy (non-hydrogen) atoms. The van der Waals surface area contributed by atoms with Crippen LogP contribution < -0.4 is 19.5 Å². The molecule has 0 unspecified atom stereocenters. The lowest BCUT2D eigenvalue weighted by Gasteiger charge is -2.18. The third-order valence-electron chi connectivity index (χ3n) is 4.39. The molecular formula is C23H22F3NO4. The molecule has 0 aromatic heterocycles. The number of ether oxygens (including phenoxy) is 3. The Morgan fingerprint density at radius 2 is 1.94 bits per heavy atom. The highest BCUT2D eigenvalue weighted by Gasteiger charge is 2.32. The molecule has 1 amide bonds. The van der Waals surface area contributed by atoms with Gasteiger partial charge >= 0.3 is 6.18 Å². The van der Waals surface area contributed by atoms with Gasteiger partial charge in [0.1, 0.15) is 18.0 Å². The monoisotopic (exact) mass is 433 g/mol. The second-order valence-corrected chi connectivity index (χ2v) is 7.52. The van der Waals surface area contributed by atoms with Crippen molar-refractivity contribution in [2.75, 3.05) is 19.8 Å². The highest BCUT2D eigenvalue weighted by molar-refractivity contribution is 5.77. The summed E-state index contributed by atoms with van der Waals surface area (Å²) >= 11 is 0. The Morgan fingerprint density at radius 3 is 2.71 bits per heavy atom. The van der Waals surface area contributed by atoms with E-state index in [0.29, 0.717) is 11.5 Å². The molecule has 0 radical (unpaired) electrons. The predicted molar refractivity (Wildman–Crippen MR) is 108 cm³/mol. The molecule has 0 aliphatic carbocycles. The van der Waals surface area contributed by atoms with E-state index in [-0.39, 0.29) is 37.0 Å². The molecule has 0 saturated heterocycles. The van der Waals surface area contributed by atoms with Crippen molar-refractivity contribution < 1.29 is 32.2 Å². The lowest BCUT2D eigenvalue weighted by atomic mass is 10.0. The van der Waals surface area contributed by atoms with Crippen LogP contribution in [0.2, 0.25) is 0 Å². The molecule has 1 N–H and O–H groups in total. The summed E-state index contributed by atoms with van der Waals surface area (Å²) in [6.45, 7) is 3.74. The van der Waals surface area contributed by atoms with Crippen molar-refractivity contribution in [3.8, 4) is 29.1 Å².